The third-order valence-corrected chi connectivity index (χ3v) is 3.00. The van der Waals surface area contributed by atoms with Crippen LogP contribution in [0.2, 0.25) is 0 Å². The van der Waals surface area contributed by atoms with Crippen LogP contribution in [0.5, 0.6) is 0 Å². The number of likely N-dealkylation sites (tertiary alicyclic amines) is 1. The van der Waals surface area contributed by atoms with Crippen molar-refractivity contribution in [3.8, 4) is 0 Å². The molecule has 0 spiro atoms. The van der Waals surface area contributed by atoms with Crippen LogP contribution in [0.1, 0.15) is 12.0 Å². The van der Waals surface area contributed by atoms with Gasteiger partial charge in [-0.1, -0.05) is 0 Å². The molecule has 1 saturated heterocycles. The first kappa shape index (κ1) is 11.3. The molecule has 1 aliphatic heterocycles. The molecule has 1 heterocycles. The highest BCUT2D eigenvalue weighted by molar-refractivity contribution is 5.47. The molecule has 1 unspecified atom stereocenters. The molecule has 0 bridgehead atoms. The van der Waals surface area contributed by atoms with E-state index >= 15 is 0 Å². The summed E-state index contributed by atoms with van der Waals surface area (Å²) in [5, 5.41) is 3.05. The number of nitrogens with one attached hydrogen (secondary N) is 1. The molecular weight excluding hydrogens is 210 g/mol. The van der Waals surface area contributed by atoms with Crippen molar-refractivity contribution < 1.29 is 8.78 Å². The summed E-state index contributed by atoms with van der Waals surface area (Å²) in [5.41, 5.74) is 0.606. The maximum Gasteiger partial charge on any atom is 0.146 e. The van der Waals surface area contributed by atoms with Crippen LogP contribution in [0.3, 0.4) is 0 Å². The predicted molar refractivity (Wildman–Crippen MR) is 60.6 cm³/mol. The van der Waals surface area contributed by atoms with Crippen LogP contribution in [0, 0.1) is 18.6 Å². The fraction of sp³-hybridized carbons (Fsp3) is 0.500. The van der Waals surface area contributed by atoms with E-state index in [0.717, 1.165) is 19.5 Å². The zero-order chi connectivity index (χ0) is 11.7. The van der Waals surface area contributed by atoms with Gasteiger partial charge in [-0.3, -0.25) is 0 Å². The molecule has 0 amide bonds. The molecule has 88 valence electrons. The molecule has 1 aromatic rings. The van der Waals surface area contributed by atoms with Crippen molar-refractivity contribution in [2.75, 3.05) is 25.5 Å². The third-order valence-electron chi connectivity index (χ3n) is 3.00. The molecule has 1 atom stereocenters. The van der Waals surface area contributed by atoms with Crippen molar-refractivity contribution in [3.05, 3.63) is 29.3 Å². The first-order chi connectivity index (χ1) is 7.56. The maximum atomic E-state index is 13.5. The number of halogens is 2. The van der Waals surface area contributed by atoms with E-state index in [9.17, 15) is 8.78 Å². The van der Waals surface area contributed by atoms with Gasteiger partial charge in [0.05, 0.1) is 5.69 Å². The minimum atomic E-state index is -0.381. The van der Waals surface area contributed by atoms with Crippen molar-refractivity contribution in [3.63, 3.8) is 0 Å². The van der Waals surface area contributed by atoms with Crippen LogP contribution in [-0.2, 0) is 0 Å². The largest absolute Gasteiger partial charge is 0.379 e. The molecule has 16 heavy (non-hydrogen) atoms. The minimum absolute atomic E-state index is 0.210. The molecule has 0 aromatic heterocycles. The van der Waals surface area contributed by atoms with Crippen molar-refractivity contribution >= 4 is 5.69 Å². The van der Waals surface area contributed by atoms with Gasteiger partial charge >= 0.3 is 0 Å². The summed E-state index contributed by atoms with van der Waals surface area (Å²) >= 11 is 0. The van der Waals surface area contributed by atoms with Gasteiger partial charge in [0.1, 0.15) is 11.6 Å². The number of aryl methyl sites for hydroxylation is 1. The van der Waals surface area contributed by atoms with Crippen LogP contribution in [0.15, 0.2) is 12.1 Å². The van der Waals surface area contributed by atoms with Crippen molar-refractivity contribution in [2.24, 2.45) is 0 Å². The van der Waals surface area contributed by atoms with Gasteiger partial charge in [-0.2, -0.15) is 0 Å². The number of rotatable bonds is 2. The fourth-order valence-corrected chi connectivity index (χ4v) is 2.03. The fourth-order valence-electron chi connectivity index (χ4n) is 2.03. The summed E-state index contributed by atoms with van der Waals surface area (Å²) < 4.78 is 26.8. The third kappa shape index (κ3) is 2.32. The molecule has 1 aliphatic rings. The van der Waals surface area contributed by atoms with Crippen molar-refractivity contribution in [2.45, 2.75) is 19.4 Å². The van der Waals surface area contributed by atoms with E-state index in [2.05, 4.69) is 10.2 Å². The second kappa shape index (κ2) is 4.37. The van der Waals surface area contributed by atoms with Gasteiger partial charge in [0, 0.05) is 18.7 Å². The highest BCUT2D eigenvalue weighted by Crippen LogP contribution is 2.21. The summed E-state index contributed by atoms with van der Waals surface area (Å²) in [4.78, 5) is 2.17. The molecular formula is C12H16F2N2. The number of hydrogen-bond donors (Lipinski definition) is 1. The summed E-state index contributed by atoms with van der Waals surface area (Å²) in [6, 6.07) is 2.68. The number of hydrogen-bond acceptors (Lipinski definition) is 2. The minimum Gasteiger partial charge on any atom is -0.379 e. The summed E-state index contributed by atoms with van der Waals surface area (Å²) in [7, 11) is 2.02. The number of nitrogens with zero attached hydrogens (tertiary/aromatic N) is 1. The van der Waals surface area contributed by atoms with Crippen LogP contribution < -0.4 is 5.32 Å². The second-order valence-corrected chi connectivity index (χ2v) is 4.47. The van der Waals surface area contributed by atoms with Crippen molar-refractivity contribution in [1.82, 2.24) is 4.90 Å². The van der Waals surface area contributed by atoms with Crippen molar-refractivity contribution in [1.29, 1.82) is 0 Å². The van der Waals surface area contributed by atoms with E-state index in [1.54, 1.807) is 6.92 Å². The lowest BCUT2D eigenvalue weighted by Crippen LogP contribution is -2.24. The lowest BCUT2D eigenvalue weighted by molar-refractivity contribution is 0.414. The second-order valence-electron chi connectivity index (χ2n) is 4.47. The van der Waals surface area contributed by atoms with Gasteiger partial charge in [-0.15, -0.1) is 0 Å². The number of likely N-dealkylation sites (N-methyl/N-ethyl adjacent to an activating group) is 1. The highest BCUT2D eigenvalue weighted by Gasteiger charge is 2.20. The van der Waals surface area contributed by atoms with E-state index in [1.165, 1.54) is 12.1 Å². The Bertz CT molecular complexity index is 393. The Hall–Kier alpha value is -1.16. The van der Waals surface area contributed by atoms with Gasteiger partial charge in [-0.25, -0.2) is 8.78 Å². The van der Waals surface area contributed by atoms with Crippen LogP contribution in [0.4, 0.5) is 14.5 Å². The lowest BCUT2D eigenvalue weighted by atomic mass is 10.2. The van der Waals surface area contributed by atoms with Gasteiger partial charge < -0.3 is 10.2 Å². The van der Waals surface area contributed by atoms with Crippen LogP contribution >= 0.6 is 0 Å². The van der Waals surface area contributed by atoms with E-state index in [-0.39, 0.29) is 23.4 Å². The monoisotopic (exact) mass is 226 g/mol. The lowest BCUT2D eigenvalue weighted by Gasteiger charge is -2.15. The predicted octanol–water partition coefficient (Wildman–Crippen LogP) is 2.39. The Balaban J connectivity index is 2.12. The molecule has 1 N–H and O–H groups in total. The van der Waals surface area contributed by atoms with E-state index in [0.29, 0.717) is 5.56 Å². The summed E-state index contributed by atoms with van der Waals surface area (Å²) in [5.74, 6) is -0.747. The first-order valence-electron chi connectivity index (χ1n) is 5.47. The average Bonchev–Trinajstić information content (AvgIpc) is 2.60. The number of anilines is 1. The SMILES string of the molecule is Cc1cc(F)c(NC2CCN(C)C2)cc1F. The smallest absolute Gasteiger partial charge is 0.146 e. The van der Waals surface area contributed by atoms with Gasteiger partial charge in [0.25, 0.3) is 0 Å². The Labute approximate surface area is 94.3 Å². The van der Waals surface area contributed by atoms with Gasteiger partial charge in [0.15, 0.2) is 0 Å². The van der Waals surface area contributed by atoms with E-state index in [1.807, 2.05) is 7.05 Å². The maximum absolute atomic E-state index is 13.5. The molecule has 1 aromatic carbocycles. The first-order valence-corrected chi connectivity index (χ1v) is 5.47. The highest BCUT2D eigenvalue weighted by atomic mass is 19.1. The Kier molecular flexibility index (Phi) is 3.10. The molecule has 2 rings (SSSR count). The van der Waals surface area contributed by atoms with E-state index < -0.39 is 0 Å². The summed E-state index contributed by atoms with van der Waals surface area (Å²) in [6.45, 7) is 3.42. The normalized spacial score (nSPS) is 21.4. The Morgan fingerprint density at radius 2 is 2.06 bits per heavy atom. The van der Waals surface area contributed by atoms with Crippen LogP contribution in [0.25, 0.3) is 0 Å². The topological polar surface area (TPSA) is 15.3 Å². The molecule has 1 fully saturated rings. The number of benzene rings is 1. The molecule has 0 saturated carbocycles. The molecule has 2 nitrogen and oxygen atoms in total. The zero-order valence-electron chi connectivity index (χ0n) is 9.56. The van der Waals surface area contributed by atoms with Crippen LogP contribution in [-0.4, -0.2) is 31.1 Å². The molecule has 0 aliphatic carbocycles. The quantitative estimate of drug-likeness (QED) is 0.833. The average molecular weight is 226 g/mol. The zero-order valence-corrected chi connectivity index (χ0v) is 9.56. The Morgan fingerprint density at radius 1 is 1.31 bits per heavy atom. The summed E-state index contributed by atoms with van der Waals surface area (Å²) in [6.07, 6.45) is 0.964. The van der Waals surface area contributed by atoms with Gasteiger partial charge in [-0.05, 0) is 38.6 Å². The Morgan fingerprint density at radius 3 is 2.69 bits per heavy atom. The van der Waals surface area contributed by atoms with Gasteiger partial charge in [0.2, 0.25) is 0 Å². The standard InChI is InChI=1S/C12H16F2N2/c1-8-5-11(14)12(6-10(8)13)15-9-3-4-16(2)7-9/h5-6,9,15H,3-4,7H2,1-2H3. The molecule has 0 radical (unpaired) electrons. The molecule has 4 heteroatoms. The van der Waals surface area contributed by atoms with E-state index in [4.69, 9.17) is 0 Å².